The predicted molar refractivity (Wildman–Crippen MR) is 143 cm³/mol. The summed E-state index contributed by atoms with van der Waals surface area (Å²) < 4.78 is 16.0. The molecule has 5 rings (SSSR count). The molecule has 1 heterocycles. The molecule has 6 nitrogen and oxygen atoms in total. The molecular formula is C30H24FN3O3. The van der Waals surface area contributed by atoms with Crippen molar-refractivity contribution in [2.45, 2.75) is 19.9 Å². The molecule has 7 heteroatoms. The van der Waals surface area contributed by atoms with Crippen LogP contribution in [0.2, 0.25) is 0 Å². The summed E-state index contributed by atoms with van der Waals surface area (Å²) in [6.45, 7) is 2.13. The number of rotatable bonds is 6. The Kier molecular flexibility index (Phi) is 6.51. The van der Waals surface area contributed by atoms with Gasteiger partial charge in [0.15, 0.2) is 0 Å². The number of hydrogen-bond donors (Lipinski definition) is 1. The van der Waals surface area contributed by atoms with Crippen molar-refractivity contribution < 1.29 is 9.18 Å². The predicted octanol–water partition coefficient (Wildman–Crippen LogP) is 4.83. The molecular weight excluding hydrogens is 469 g/mol. The van der Waals surface area contributed by atoms with Gasteiger partial charge in [-0.1, -0.05) is 48.5 Å². The standard InChI is InChI=1S/C30H24FN3O3/c1-20-5-4-6-24(17-20)32-28(35)18-21-11-15-25(16-12-21)34-29(36)26-7-2-3-8-27(26)33(30(34)37)19-22-9-13-23(31)14-10-22/h2-17H,18-19H2,1H3,(H,32,35). The van der Waals surface area contributed by atoms with Gasteiger partial charge < -0.3 is 5.32 Å². The Morgan fingerprint density at radius 3 is 2.27 bits per heavy atom. The second-order valence-electron chi connectivity index (χ2n) is 8.91. The maximum absolute atomic E-state index is 13.6. The lowest BCUT2D eigenvalue weighted by atomic mass is 10.1. The Morgan fingerprint density at radius 2 is 1.54 bits per heavy atom. The number of hydrogen-bond acceptors (Lipinski definition) is 3. The van der Waals surface area contributed by atoms with E-state index in [2.05, 4.69) is 5.32 Å². The van der Waals surface area contributed by atoms with Gasteiger partial charge in [0.05, 0.1) is 29.6 Å². The van der Waals surface area contributed by atoms with Crippen LogP contribution in [-0.4, -0.2) is 15.0 Å². The van der Waals surface area contributed by atoms with Crippen LogP contribution in [0.1, 0.15) is 16.7 Å². The molecule has 0 aliphatic rings. The molecule has 0 saturated carbocycles. The van der Waals surface area contributed by atoms with Gasteiger partial charge in [0, 0.05) is 5.69 Å². The van der Waals surface area contributed by atoms with Gasteiger partial charge in [-0.2, -0.15) is 0 Å². The first-order valence-electron chi connectivity index (χ1n) is 11.8. The zero-order chi connectivity index (χ0) is 25.9. The molecule has 0 spiro atoms. The van der Waals surface area contributed by atoms with E-state index in [-0.39, 0.29) is 24.7 Å². The van der Waals surface area contributed by atoms with E-state index in [0.717, 1.165) is 26.9 Å². The van der Waals surface area contributed by atoms with Crippen LogP contribution in [0, 0.1) is 12.7 Å². The van der Waals surface area contributed by atoms with Gasteiger partial charge in [0.2, 0.25) is 5.91 Å². The lowest BCUT2D eigenvalue weighted by Gasteiger charge is -2.15. The molecule has 0 aliphatic heterocycles. The molecule has 184 valence electrons. The quantitative estimate of drug-likeness (QED) is 0.368. The molecule has 0 unspecified atom stereocenters. The molecule has 0 aliphatic carbocycles. The highest BCUT2D eigenvalue weighted by molar-refractivity contribution is 5.92. The van der Waals surface area contributed by atoms with E-state index in [4.69, 9.17) is 0 Å². The van der Waals surface area contributed by atoms with Crippen LogP contribution in [-0.2, 0) is 17.8 Å². The molecule has 37 heavy (non-hydrogen) atoms. The number of para-hydroxylation sites is 1. The van der Waals surface area contributed by atoms with Crippen molar-refractivity contribution in [3.63, 3.8) is 0 Å². The normalized spacial score (nSPS) is 11.0. The zero-order valence-electron chi connectivity index (χ0n) is 20.1. The fourth-order valence-electron chi connectivity index (χ4n) is 4.35. The first-order chi connectivity index (χ1) is 17.9. The zero-order valence-corrected chi connectivity index (χ0v) is 20.1. The van der Waals surface area contributed by atoms with Crippen LogP contribution < -0.4 is 16.6 Å². The Hall–Kier alpha value is -4.78. The monoisotopic (exact) mass is 493 g/mol. The summed E-state index contributed by atoms with van der Waals surface area (Å²) in [6.07, 6.45) is 0.148. The van der Waals surface area contributed by atoms with Crippen molar-refractivity contribution in [3.05, 3.63) is 140 Å². The summed E-state index contributed by atoms with van der Waals surface area (Å²) in [6, 6.07) is 27.2. The van der Waals surface area contributed by atoms with E-state index < -0.39 is 11.2 Å². The fraction of sp³-hybridized carbons (Fsp3) is 0.100. The Balaban J connectivity index is 1.47. The van der Waals surface area contributed by atoms with E-state index in [1.54, 1.807) is 60.7 Å². The topological polar surface area (TPSA) is 73.1 Å². The number of benzene rings is 4. The number of carbonyl (C=O) groups excluding carboxylic acids is 1. The number of halogens is 1. The van der Waals surface area contributed by atoms with Crippen LogP contribution in [0.4, 0.5) is 10.1 Å². The van der Waals surface area contributed by atoms with E-state index >= 15 is 0 Å². The maximum atomic E-state index is 13.6. The van der Waals surface area contributed by atoms with Crippen molar-refractivity contribution in [1.29, 1.82) is 0 Å². The first kappa shape index (κ1) is 23.9. The van der Waals surface area contributed by atoms with Gasteiger partial charge in [0.25, 0.3) is 5.56 Å². The highest BCUT2D eigenvalue weighted by atomic mass is 19.1. The van der Waals surface area contributed by atoms with E-state index in [0.29, 0.717) is 16.6 Å². The summed E-state index contributed by atoms with van der Waals surface area (Å²) in [7, 11) is 0. The van der Waals surface area contributed by atoms with Gasteiger partial charge in [-0.05, 0) is 72.1 Å². The molecule has 5 aromatic rings. The fourth-order valence-corrected chi connectivity index (χ4v) is 4.35. The molecule has 0 fully saturated rings. The van der Waals surface area contributed by atoms with Crippen molar-refractivity contribution in [2.75, 3.05) is 5.32 Å². The number of nitrogens with one attached hydrogen (secondary N) is 1. The summed E-state index contributed by atoms with van der Waals surface area (Å²) in [5, 5.41) is 3.27. The van der Waals surface area contributed by atoms with Gasteiger partial charge >= 0.3 is 5.69 Å². The second-order valence-corrected chi connectivity index (χ2v) is 8.91. The van der Waals surface area contributed by atoms with Crippen LogP contribution in [0.5, 0.6) is 0 Å². The number of nitrogens with zero attached hydrogens (tertiary/aromatic N) is 2. The third-order valence-corrected chi connectivity index (χ3v) is 6.17. The first-order valence-corrected chi connectivity index (χ1v) is 11.8. The molecule has 1 N–H and O–H groups in total. The van der Waals surface area contributed by atoms with Crippen LogP contribution in [0.15, 0.2) is 107 Å². The number of amides is 1. The average Bonchev–Trinajstić information content (AvgIpc) is 2.89. The van der Waals surface area contributed by atoms with E-state index in [9.17, 15) is 18.8 Å². The van der Waals surface area contributed by atoms with Crippen molar-refractivity contribution in [2.24, 2.45) is 0 Å². The third kappa shape index (κ3) is 5.11. The van der Waals surface area contributed by atoms with E-state index in [1.807, 2.05) is 31.2 Å². The van der Waals surface area contributed by atoms with E-state index in [1.165, 1.54) is 16.7 Å². The number of carbonyl (C=O) groups is 1. The van der Waals surface area contributed by atoms with Gasteiger partial charge in [0.1, 0.15) is 5.82 Å². The largest absolute Gasteiger partial charge is 0.336 e. The second kappa shape index (κ2) is 10.1. The van der Waals surface area contributed by atoms with Gasteiger partial charge in [-0.25, -0.2) is 13.8 Å². The Labute approximate surface area is 212 Å². The highest BCUT2D eigenvalue weighted by Crippen LogP contribution is 2.15. The summed E-state index contributed by atoms with van der Waals surface area (Å²) in [5.74, 6) is -0.526. The SMILES string of the molecule is Cc1cccc(NC(=O)Cc2ccc(-n3c(=O)c4ccccc4n(Cc4ccc(F)cc4)c3=O)cc2)c1. The molecule has 0 bridgehead atoms. The van der Waals surface area contributed by atoms with Crippen molar-refractivity contribution in [3.8, 4) is 5.69 Å². The van der Waals surface area contributed by atoms with Gasteiger partial charge in [-0.15, -0.1) is 0 Å². The minimum atomic E-state index is -0.502. The lowest BCUT2D eigenvalue weighted by molar-refractivity contribution is -0.115. The summed E-state index contributed by atoms with van der Waals surface area (Å²) >= 11 is 0. The number of fused-ring (bicyclic) bond motifs is 1. The minimum Gasteiger partial charge on any atom is -0.326 e. The summed E-state index contributed by atoms with van der Waals surface area (Å²) in [5.41, 5.74) is 3.22. The van der Waals surface area contributed by atoms with Crippen LogP contribution >= 0.6 is 0 Å². The smallest absolute Gasteiger partial charge is 0.326 e. The number of aryl methyl sites for hydroxylation is 1. The average molecular weight is 494 g/mol. The highest BCUT2D eigenvalue weighted by Gasteiger charge is 2.15. The lowest BCUT2D eigenvalue weighted by Crippen LogP contribution is -2.39. The van der Waals surface area contributed by atoms with Crippen LogP contribution in [0.3, 0.4) is 0 Å². The van der Waals surface area contributed by atoms with Gasteiger partial charge in [-0.3, -0.25) is 14.2 Å². The van der Waals surface area contributed by atoms with Crippen LogP contribution in [0.25, 0.3) is 16.6 Å². The van der Waals surface area contributed by atoms with Crippen molar-refractivity contribution in [1.82, 2.24) is 9.13 Å². The molecule has 0 saturated heterocycles. The number of anilines is 1. The molecule has 1 aromatic heterocycles. The number of aromatic nitrogens is 2. The maximum Gasteiger partial charge on any atom is 0.336 e. The Morgan fingerprint density at radius 1 is 0.838 bits per heavy atom. The third-order valence-electron chi connectivity index (χ3n) is 6.17. The molecule has 4 aromatic carbocycles. The Bertz CT molecular complexity index is 1720. The summed E-state index contributed by atoms with van der Waals surface area (Å²) in [4.78, 5) is 39.4. The molecule has 0 radical (unpaired) electrons. The molecule has 1 amide bonds. The molecule has 0 atom stereocenters. The van der Waals surface area contributed by atoms with Crippen molar-refractivity contribution >= 4 is 22.5 Å². The minimum absolute atomic E-state index is 0.148.